The number of amides is 2. The molecule has 0 fully saturated rings. The third-order valence-electron chi connectivity index (χ3n) is 3.16. The number of ether oxygens (including phenoxy) is 1. The Hall–Kier alpha value is -3.35. The van der Waals surface area contributed by atoms with Crippen molar-refractivity contribution < 1.29 is 14.1 Å². The summed E-state index contributed by atoms with van der Waals surface area (Å²) in [5, 5.41) is 9.03. The monoisotopic (exact) mass is 324 g/mol. The quantitative estimate of drug-likeness (QED) is 0.753. The Morgan fingerprint density at radius 2 is 2.04 bits per heavy atom. The van der Waals surface area contributed by atoms with Crippen LogP contribution in [0.5, 0.6) is 11.5 Å². The Kier molecular flexibility index (Phi) is 4.42. The van der Waals surface area contributed by atoms with Crippen LogP contribution in [0.25, 0.3) is 0 Å². The van der Waals surface area contributed by atoms with Crippen LogP contribution in [0.1, 0.15) is 11.3 Å². The van der Waals surface area contributed by atoms with Gasteiger partial charge in [-0.2, -0.15) is 0 Å². The first-order valence-electron chi connectivity index (χ1n) is 7.30. The molecule has 0 bridgehead atoms. The van der Waals surface area contributed by atoms with Gasteiger partial charge in [0.1, 0.15) is 17.3 Å². The average Bonchev–Trinajstić information content (AvgIpc) is 2.96. The van der Waals surface area contributed by atoms with Gasteiger partial charge in [-0.1, -0.05) is 5.16 Å². The van der Waals surface area contributed by atoms with Crippen LogP contribution >= 0.6 is 0 Å². The first-order valence-corrected chi connectivity index (χ1v) is 7.30. The Labute approximate surface area is 138 Å². The summed E-state index contributed by atoms with van der Waals surface area (Å²) in [6.07, 6.45) is 3.32. The number of carbonyl (C=O) groups excluding carboxylic acids is 1. The molecule has 0 atom stereocenters. The molecule has 2 aromatic heterocycles. The largest absolute Gasteiger partial charge is 0.455 e. The number of urea groups is 1. The van der Waals surface area contributed by atoms with Crippen LogP contribution in [0, 0.1) is 13.8 Å². The van der Waals surface area contributed by atoms with Crippen LogP contribution in [0.3, 0.4) is 0 Å². The van der Waals surface area contributed by atoms with Gasteiger partial charge in [0.05, 0.1) is 6.20 Å². The zero-order valence-electron chi connectivity index (χ0n) is 13.2. The van der Waals surface area contributed by atoms with E-state index in [2.05, 4.69) is 20.8 Å². The molecule has 7 nitrogen and oxygen atoms in total. The minimum absolute atomic E-state index is 0.359. The summed E-state index contributed by atoms with van der Waals surface area (Å²) in [6, 6.07) is 10.2. The fourth-order valence-electron chi connectivity index (χ4n) is 2.08. The van der Waals surface area contributed by atoms with Crippen molar-refractivity contribution in [2.45, 2.75) is 13.8 Å². The summed E-state index contributed by atoms with van der Waals surface area (Å²) >= 11 is 0. The molecule has 0 saturated carbocycles. The van der Waals surface area contributed by atoms with E-state index in [1.165, 1.54) is 0 Å². The molecule has 0 unspecified atom stereocenters. The van der Waals surface area contributed by atoms with Crippen LogP contribution in [-0.2, 0) is 0 Å². The molecule has 2 heterocycles. The normalized spacial score (nSPS) is 10.2. The van der Waals surface area contributed by atoms with E-state index in [-0.39, 0.29) is 0 Å². The maximum Gasteiger partial charge on any atom is 0.324 e. The maximum atomic E-state index is 11.9. The molecule has 0 aliphatic carbocycles. The molecule has 0 aliphatic heterocycles. The third kappa shape index (κ3) is 3.89. The van der Waals surface area contributed by atoms with Crippen LogP contribution in [0.15, 0.2) is 53.3 Å². The van der Waals surface area contributed by atoms with E-state index < -0.39 is 6.03 Å². The highest BCUT2D eigenvalue weighted by atomic mass is 16.5. The summed E-state index contributed by atoms with van der Waals surface area (Å²) in [4.78, 5) is 15.9. The number of aryl methyl sites for hydroxylation is 2. The van der Waals surface area contributed by atoms with Crippen molar-refractivity contribution in [2.24, 2.45) is 0 Å². The second kappa shape index (κ2) is 6.82. The van der Waals surface area contributed by atoms with Crippen LogP contribution in [0.4, 0.5) is 16.3 Å². The Morgan fingerprint density at radius 1 is 1.17 bits per heavy atom. The van der Waals surface area contributed by atoms with Crippen molar-refractivity contribution in [1.82, 2.24) is 10.1 Å². The zero-order chi connectivity index (χ0) is 16.9. The number of carbonyl (C=O) groups is 1. The lowest BCUT2D eigenvalue weighted by molar-refractivity contribution is 0.262. The molecule has 0 saturated heterocycles. The minimum atomic E-state index is -0.399. The van der Waals surface area contributed by atoms with Gasteiger partial charge >= 0.3 is 6.03 Å². The van der Waals surface area contributed by atoms with Gasteiger partial charge in [0, 0.05) is 18.0 Å². The molecule has 2 N–H and O–H groups in total. The first-order chi connectivity index (χ1) is 11.6. The lowest BCUT2D eigenvalue weighted by Crippen LogP contribution is -2.19. The first kappa shape index (κ1) is 15.5. The predicted octanol–water partition coefficient (Wildman–Crippen LogP) is 4.12. The molecule has 24 heavy (non-hydrogen) atoms. The van der Waals surface area contributed by atoms with Gasteiger partial charge in [0.15, 0.2) is 5.82 Å². The van der Waals surface area contributed by atoms with E-state index in [4.69, 9.17) is 9.26 Å². The molecule has 1 aromatic carbocycles. The Balaban J connectivity index is 1.64. The lowest BCUT2D eigenvalue weighted by atomic mass is 10.2. The van der Waals surface area contributed by atoms with Crippen LogP contribution < -0.4 is 15.4 Å². The standard InChI is InChI=1S/C17H16N4O3/c1-11-8-13(19-17(22)20-16-9-12(2)24-21-16)5-6-15(11)23-14-4-3-7-18-10-14/h3-10H,1-2H3,(H2,19,20,21,22). The molecular formula is C17H16N4O3. The van der Waals surface area contributed by atoms with Gasteiger partial charge in [-0.25, -0.2) is 4.79 Å². The van der Waals surface area contributed by atoms with E-state index >= 15 is 0 Å². The van der Waals surface area contributed by atoms with Gasteiger partial charge in [-0.15, -0.1) is 0 Å². The van der Waals surface area contributed by atoms with Gasteiger partial charge in [-0.05, 0) is 49.7 Å². The van der Waals surface area contributed by atoms with Gasteiger partial charge in [0.25, 0.3) is 0 Å². The highest BCUT2D eigenvalue weighted by Gasteiger charge is 2.08. The number of hydrogen-bond acceptors (Lipinski definition) is 5. The number of aromatic nitrogens is 2. The van der Waals surface area contributed by atoms with Crippen LogP contribution in [0.2, 0.25) is 0 Å². The number of hydrogen-bond donors (Lipinski definition) is 2. The molecule has 3 rings (SSSR count). The second-order valence-corrected chi connectivity index (χ2v) is 5.17. The number of benzene rings is 1. The van der Waals surface area contributed by atoms with Crippen LogP contribution in [-0.4, -0.2) is 16.2 Å². The highest BCUT2D eigenvalue weighted by Crippen LogP contribution is 2.26. The number of nitrogens with one attached hydrogen (secondary N) is 2. The second-order valence-electron chi connectivity index (χ2n) is 5.17. The molecule has 3 aromatic rings. The molecule has 2 amide bonds. The van der Waals surface area contributed by atoms with Gasteiger partial charge in [0.2, 0.25) is 0 Å². The van der Waals surface area contributed by atoms with E-state index in [9.17, 15) is 4.79 Å². The molecule has 0 radical (unpaired) electrons. The molecule has 7 heteroatoms. The number of rotatable bonds is 4. The lowest BCUT2D eigenvalue weighted by Gasteiger charge is -2.11. The van der Waals surface area contributed by atoms with Crippen molar-refractivity contribution in [3.63, 3.8) is 0 Å². The molecule has 0 spiro atoms. The SMILES string of the molecule is Cc1cc(NC(=O)Nc2ccc(Oc3cccnc3)c(C)c2)no1. The van der Waals surface area contributed by atoms with E-state index in [1.54, 1.807) is 43.6 Å². The number of nitrogens with zero attached hydrogens (tertiary/aromatic N) is 2. The molecular weight excluding hydrogens is 308 g/mol. The van der Waals surface area contributed by atoms with Crippen molar-refractivity contribution in [3.05, 3.63) is 60.1 Å². The van der Waals surface area contributed by atoms with Crippen molar-refractivity contribution in [3.8, 4) is 11.5 Å². The highest BCUT2D eigenvalue weighted by molar-refractivity contribution is 5.99. The summed E-state index contributed by atoms with van der Waals surface area (Å²) in [5.74, 6) is 2.33. The topological polar surface area (TPSA) is 89.3 Å². The van der Waals surface area contributed by atoms with Crippen molar-refractivity contribution >= 4 is 17.5 Å². The number of anilines is 2. The fraction of sp³-hybridized carbons (Fsp3) is 0.118. The van der Waals surface area contributed by atoms with E-state index in [1.807, 2.05) is 19.1 Å². The summed E-state index contributed by atoms with van der Waals surface area (Å²) < 4.78 is 10.6. The maximum absolute atomic E-state index is 11.9. The number of pyridine rings is 1. The van der Waals surface area contributed by atoms with Crippen molar-refractivity contribution in [2.75, 3.05) is 10.6 Å². The predicted molar refractivity (Wildman–Crippen MR) is 89.4 cm³/mol. The Bertz CT molecular complexity index is 846. The fourth-order valence-corrected chi connectivity index (χ4v) is 2.08. The van der Waals surface area contributed by atoms with Gasteiger partial charge < -0.3 is 14.6 Å². The molecule has 0 aliphatic rings. The zero-order valence-corrected chi connectivity index (χ0v) is 13.2. The summed E-state index contributed by atoms with van der Waals surface area (Å²) in [7, 11) is 0. The van der Waals surface area contributed by atoms with E-state index in [0.717, 1.165) is 5.56 Å². The van der Waals surface area contributed by atoms with E-state index in [0.29, 0.717) is 28.8 Å². The Morgan fingerprint density at radius 3 is 2.71 bits per heavy atom. The smallest absolute Gasteiger partial charge is 0.324 e. The van der Waals surface area contributed by atoms with Gasteiger partial charge in [-0.3, -0.25) is 10.3 Å². The summed E-state index contributed by atoms with van der Waals surface area (Å²) in [5.41, 5.74) is 1.53. The average molecular weight is 324 g/mol. The minimum Gasteiger partial charge on any atom is -0.455 e. The molecule has 122 valence electrons. The third-order valence-corrected chi connectivity index (χ3v) is 3.16. The summed E-state index contributed by atoms with van der Waals surface area (Å²) in [6.45, 7) is 3.65. The van der Waals surface area contributed by atoms with Crippen molar-refractivity contribution in [1.29, 1.82) is 0 Å².